The zero-order chi connectivity index (χ0) is 15.5. The number of nitrogens with zero attached hydrogens (tertiary/aromatic N) is 2. The van der Waals surface area contributed by atoms with Crippen LogP contribution in [0.5, 0.6) is 0 Å². The van der Waals surface area contributed by atoms with Crippen LogP contribution in [0.1, 0.15) is 30.4 Å². The highest BCUT2D eigenvalue weighted by molar-refractivity contribution is 7.88. The van der Waals surface area contributed by atoms with Gasteiger partial charge in [0.2, 0.25) is 10.0 Å². The average Bonchev–Trinajstić information content (AvgIpc) is 2.47. The quantitative estimate of drug-likeness (QED) is 0.904. The zero-order valence-electron chi connectivity index (χ0n) is 11.4. The molecule has 0 bridgehead atoms. The van der Waals surface area contributed by atoms with Crippen molar-refractivity contribution in [2.24, 2.45) is 0 Å². The summed E-state index contributed by atoms with van der Waals surface area (Å²) in [5.74, 6) is -1.47. The van der Waals surface area contributed by atoms with Crippen molar-refractivity contribution in [3.05, 3.63) is 35.4 Å². The van der Waals surface area contributed by atoms with Crippen molar-refractivity contribution in [1.82, 2.24) is 4.31 Å². The lowest BCUT2D eigenvalue weighted by molar-refractivity contribution is -0.142. The summed E-state index contributed by atoms with van der Waals surface area (Å²) < 4.78 is 26.0. The third kappa shape index (κ3) is 3.40. The van der Waals surface area contributed by atoms with Crippen molar-refractivity contribution in [2.45, 2.75) is 31.1 Å². The SMILES string of the molecule is N#Cc1ccccc1CS(=O)(=O)N1CCCCC1C(=O)O. The van der Waals surface area contributed by atoms with E-state index in [0.29, 0.717) is 30.4 Å². The van der Waals surface area contributed by atoms with Gasteiger partial charge in [-0.1, -0.05) is 18.2 Å². The van der Waals surface area contributed by atoms with Gasteiger partial charge in [-0.05, 0) is 30.9 Å². The van der Waals surface area contributed by atoms with E-state index < -0.39 is 22.0 Å². The Bertz CT molecular complexity index is 678. The van der Waals surface area contributed by atoms with Gasteiger partial charge in [0.05, 0.1) is 17.4 Å². The lowest BCUT2D eigenvalue weighted by Crippen LogP contribution is -2.48. The van der Waals surface area contributed by atoms with Crippen molar-refractivity contribution in [3.8, 4) is 6.07 Å². The molecule has 6 nitrogen and oxygen atoms in total. The normalized spacial score (nSPS) is 19.9. The Balaban J connectivity index is 2.29. The largest absolute Gasteiger partial charge is 0.480 e. The molecule has 0 amide bonds. The van der Waals surface area contributed by atoms with Crippen LogP contribution in [0, 0.1) is 11.3 Å². The molecule has 7 heteroatoms. The Kier molecular flexibility index (Phi) is 4.60. The molecule has 1 aliphatic rings. The highest BCUT2D eigenvalue weighted by Gasteiger charge is 2.36. The number of carboxylic acids is 1. The second-order valence-electron chi connectivity index (χ2n) is 4.99. The van der Waals surface area contributed by atoms with Crippen LogP contribution in [-0.2, 0) is 20.6 Å². The first-order chi connectivity index (χ1) is 9.95. The number of piperidine rings is 1. The molecule has 0 spiro atoms. The van der Waals surface area contributed by atoms with Gasteiger partial charge >= 0.3 is 5.97 Å². The van der Waals surface area contributed by atoms with Crippen molar-refractivity contribution < 1.29 is 18.3 Å². The van der Waals surface area contributed by atoms with Crippen molar-refractivity contribution in [3.63, 3.8) is 0 Å². The lowest BCUT2D eigenvalue weighted by atomic mass is 10.1. The molecule has 1 fully saturated rings. The molecule has 1 heterocycles. The molecule has 0 aliphatic carbocycles. The van der Waals surface area contributed by atoms with Crippen LogP contribution in [0.2, 0.25) is 0 Å². The molecular formula is C14H16N2O4S. The molecule has 1 aliphatic heterocycles. The summed E-state index contributed by atoms with van der Waals surface area (Å²) in [5.41, 5.74) is 0.694. The Morgan fingerprint density at radius 1 is 1.38 bits per heavy atom. The molecule has 21 heavy (non-hydrogen) atoms. The van der Waals surface area contributed by atoms with E-state index >= 15 is 0 Å². The summed E-state index contributed by atoms with van der Waals surface area (Å²) in [6.07, 6.45) is 1.69. The molecule has 0 aromatic heterocycles. The van der Waals surface area contributed by atoms with Gasteiger partial charge in [-0.3, -0.25) is 4.79 Å². The summed E-state index contributed by atoms with van der Waals surface area (Å²) in [7, 11) is -3.76. The topological polar surface area (TPSA) is 98.5 Å². The number of benzene rings is 1. The lowest BCUT2D eigenvalue weighted by Gasteiger charge is -2.31. The van der Waals surface area contributed by atoms with E-state index in [1.807, 2.05) is 6.07 Å². The second-order valence-corrected chi connectivity index (χ2v) is 6.91. The van der Waals surface area contributed by atoms with Crippen LogP contribution in [0.15, 0.2) is 24.3 Å². The minimum absolute atomic E-state index is 0.216. The minimum Gasteiger partial charge on any atom is -0.480 e. The number of hydrogen-bond acceptors (Lipinski definition) is 4. The van der Waals surface area contributed by atoms with E-state index in [0.717, 1.165) is 4.31 Å². The number of aliphatic carboxylic acids is 1. The number of sulfonamides is 1. The van der Waals surface area contributed by atoms with Gasteiger partial charge in [0, 0.05) is 6.54 Å². The van der Waals surface area contributed by atoms with E-state index in [4.69, 9.17) is 5.26 Å². The van der Waals surface area contributed by atoms with Crippen molar-refractivity contribution >= 4 is 16.0 Å². The zero-order valence-corrected chi connectivity index (χ0v) is 12.2. The Labute approximate surface area is 123 Å². The molecule has 1 aromatic rings. The van der Waals surface area contributed by atoms with Crippen LogP contribution in [-0.4, -0.2) is 36.4 Å². The van der Waals surface area contributed by atoms with Gasteiger partial charge in [0.25, 0.3) is 0 Å². The number of carbonyl (C=O) groups is 1. The average molecular weight is 308 g/mol. The first-order valence-electron chi connectivity index (χ1n) is 6.66. The number of nitriles is 1. The van der Waals surface area contributed by atoms with E-state index in [9.17, 15) is 18.3 Å². The Morgan fingerprint density at radius 3 is 2.76 bits per heavy atom. The highest BCUT2D eigenvalue weighted by atomic mass is 32.2. The standard InChI is InChI=1S/C14H16N2O4S/c15-9-11-5-1-2-6-12(11)10-21(19,20)16-8-4-3-7-13(16)14(17)18/h1-2,5-6,13H,3-4,7-8,10H2,(H,17,18). The van der Waals surface area contributed by atoms with Gasteiger partial charge in [0.15, 0.2) is 0 Å². The van der Waals surface area contributed by atoms with Gasteiger partial charge in [0.1, 0.15) is 6.04 Å². The molecule has 112 valence electrons. The fraction of sp³-hybridized carbons (Fsp3) is 0.429. The van der Waals surface area contributed by atoms with E-state index in [1.165, 1.54) is 0 Å². The van der Waals surface area contributed by atoms with Gasteiger partial charge in [-0.25, -0.2) is 8.42 Å². The van der Waals surface area contributed by atoms with Gasteiger partial charge in [-0.15, -0.1) is 0 Å². The third-order valence-electron chi connectivity index (χ3n) is 3.57. The molecule has 0 radical (unpaired) electrons. The maximum absolute atomic E-state index is 12.5. The first-order valence-corrected chi connectivity index (χ1v) is 8.27. The predicted molar refractivity (Wildman–Crippen MR) is 75.8 cm³/mol. The fourth-order valence-corrected chi connectivity index (χ4v) is 4.32. The minimum atomic E-state index is -3.76. The number of rotatable bonds is 4. The predicted octanol–water partition coefficient (Wildman–Crippen LogP) is 1.33. The van der Waals surface area contributed by atoms with E-state index in [1.54, 1.807) is 24.3 Å². The highest BCUT2D eigenvalue weighted by Crippen LogP contribution is 2.24. The summed E-state index contributed by atoms with van der Waals surface area (Å²) in [5, 5.41) is 18.2. The third-order valence-corrected chi connectivity index (χ3v) is 5.40. The number of hydrogen-bond donors (Lipinski definition) is 1. The molecule has 1 saturated heterocycles. The van der Waals surface area contributed by atoms with Crippen LogP contribution in [0.25, 0.3) is 0 Å². The van der Waals surface area contributed by atoms with Gasteiger partial charge in [-0.2, -0.15) is 9.57 Å². The van der Waals surface area contributed by atoms with Crippen LogP contribution in [0.4, 0.5) is 0 Å². The molecule has 1 unspecified atom stereocenters. The molecule has 1 atom stereocenters. The molecule has 2 rings (SSSR count). The van der Waals surface area contributed by atoms with Crippen LogP contribution < -0.4 is 0 Å². The molecule has 1 aromatic carbocycles. The maximum Gasteiger partial charge on any atom is 0.322 e. The van der Waals surface area contributed by atoms with Crippen LogP contribution in [0.3, 0.4) is 0 Å². The fourth-order valence-electron chi connectivity index (χ4n) is 2.52. The summed E-state index contributed by atoms with van der Waals surface area (Å²) in [6.45, 7) is 0.216. The Hall–Kier alpha value is -1.91. The van der Waals surface area contributed by atoms with Gasteiger partial charge < -0.3 is 5.11 Å². The second kappa shape index (κ2) is 6.24. The number of carboxylic acid groups (broad SMARTS) is 1. The Morgan fingerprint density at radius 2 is 2.10 bits per heavy atom. The monoisotopic (exact) mass is 308 g/mol. The van der Waals surface area contributed by atoms with Crippen molar-refractivity contribution in [2.75, 3.05) is 6.54 Å². The summed E-state index contributed by atoms with van der Waals surface area (Å²) in [4.78, 5) is 11.2. The smallest absolute Gasteiger partial charge is 0.322 e. The van der Waals surface area contributed by atoms with E-state index in [-0.39, 0.29) is 12.3 Å². The first kappa shape index (κ1) is 15.5. The molecule has 1 N–H and O–H groups in total. The summed E-state index contributed by atoms with van der Waals surface area (Å²) in [6, 6.07) is 7.41. The maximum atomic E-state index is 12.5. The van der Waals surface area contributed by atoms with E-state index in [2.05, 4.69) is 0 Å². The van der Waals surface area contributed by atoms with Crippen LogP contribution >= 0.6 is 0 Å². The summed E-state index contributed by atoms with van der Waals surface area (Å²) >= 11 is 0. The molecular weight excluding hydrogens is 292 g/mol. The van der Waals surface area contributed by atoms with Crippen molar-refractivity contribution in [1.29, 1.82) is 5.26 Å². The molecule has 0 saturated carbocycles.